The fraction of sp³-hybridized carbons (Fsp3) is 0.662. The summed E-state index contributed by atoms with van der Waals surface area (Å²) in [5.74, 6) is -0.951. The summed E-state index contributed by atoms with van der Waals surface area (Å²) in [5.41, 5.74) is 0. The molecule has 6 heteroatoms. The topological polar surface area (TPSA) is 78.9 Å². The standard InChI is InChI=1S/C74H122O6/c1-4-7-10-13-16-19-22-25-28-31-34-36-37-38-41-43-46-49-52-55-58-61-64-67-73(76)79-70-71(69-78-72(75)66-63-60-57-54-51-48-45-42-39-33-30-27-24-21-18-15-12-9-6-3)80-74(77)68-65-62-59-56-53-50-47-44-40-35-32-29-26-23-20-17-14-11-8-5-2/h7,9-10,12,16,18-19,21,25,27-28,30,34,36,38-39,41-42,46,48-49,51,71H,4-6,8,11,13-15,17,20,22-24,26,29,31-33,35,37,40,43-45,47,50,52-70H2,1-3H3/b10-7-,12-9-,19-16-,21-18-,28-25-,30-27-,36-34-,41-38-,42-39-,49-46-,51-48-. The summed E-state index contributed by atoms with van der Waals surface area (Å²) in [5, 5.41) is 0. The molecule has 0 amide bonds. The third kappa shape index (κ3) is 64.4. The molecule has 0 saturated heterocycles. The van der Waals surface area contributed by atoms with Crippen molar-refractivity contribution in [2.24, 2.45) is 0 Å². The van der Waals surface area contributed by atoms with E-state index in [1.54, 1.807) is 0 Å². The van der Waals surface area contributed by atoms with Gasteiger partial charge in [-0.2, -0.15) is 0 Å². The van der Waals surface area contributed by atoms with Gasteiger partial charge in [0, 0.05) is 19.3 Å². The maximum Gasteiger partial charge on any atom is 0.306 e. The van der Waals surface area contributed by atoms with E-state index in [2.05, 4.69) is 154 Å². The zero-order valence-corrected chi connectivity index (χ0v) is 52.0. The average Bonchev–Trinajstić information content (AvgIpc) is 3.46. The zero-order valence-electron chi connectivity index (χ0n) is 52.0. The first kappa shape index (κ1) is 75.5. The van der Waals surface area contributed by atoms with Crippen molar-refractivity contribution in [3.05, 3.63) is 134 Å². The highest BCUT2D eigenvalue weighted by Gasteiger charge is 2.19. The van der Waals surface area contributed by atoms with Crippen LogP contribution in [-0.4, -0.2) is 37.2 Å². The van der Waals surface area contributed by atoms with Gasteiger partial charge in [0.1, 0.15) is 13.2 Å². The summed E-state index contributed by atoms with van der Waals surface area (Å²) in [6.45, 7) is 6.39. The Morgan fingerprint density at radius 1 is 0.263 bits per heavy atom. The van der Waals surface area contributed by atoms with E-state index >= 15 is 0 Å². The largest absolute Gasteiger partial charge is 0.462 e. The average molecular weight is 1110 g/mol. The van der Waals surface area contributed by atoms with Crippen molar-refractivity contribution >= 4 is 17.9 Å². The number of hydrogen-bond donors (Lipinski definition) is 0. The highest BCUT2D eigenvalue weighted by atomic mass is 16.6. The molecule has 454 valence electrons. The van der Waals surface area contributed by atoms with Crippen molar-refractivity contribution < 1.29 is 28.6 Å². The molecule has 0 aromatic heterocycles. The molecule has 0 spiro atoms. The Labute approximate surface area is 494 Å². The fourth-order valence-electron chi connectivity index (χ4n) is 9.00. The molecule has 0 heterocycles. The van der Waals surface area contributed by atoms with Crippen LogP contribution >= 0.6 is 0 Å². The second kappa shape index (κ2) is 67.1. The number of hydrogen-bond acceptors (Lipinski definition) is 6. The number of unbranched alkanes of at least 4 members (excludes halogenated alkanes) is 26. The van der Waals surface area contributed by atoms with E-state index in [1.165, 1.54) is 109 Å². The van der Waals surface area contributed by atoms with Crippen LogP contribution in [0.4, 0.5) is 0 Å². The van der Waals surface area contributed by atoms with Gasteiger partial charge in [0.15, 0.2) is 6.10 Å². The fourth-order valence-corrected chi connectivity index (χ4v) is 9.00. The van der Waals surface area contributed by atoms with Crippen molar-refractivity contribution in [1.82, 2.24) is 0 Å². The van der Waals surface area contributed by atoms with Crippen LogP contribution < -0.4 is 0 Å². The van der Waals surface area contributed by atoms with Crippen LogP contribution in [0.3, 0.4) is 0 Å². The Balaban J connectivity index is 4.49. The van der Waals surface area contributed by atoms with Gasteiger partial charge in [-0.25, -0.2) is 0 Å². The summed E-state index contributed by atoms with van der Waals surface area (Å²) in [7, 11) is 0. The molecule has 0 aromatic carbocycles. The number of allylic oxidation sites excluding steroid dienone is 22. The minimum atomic E-state index is -0.808. The second-order valence-electron chi connectivity index (χ2n) is 21.6. The van der Waals surface area contributed by atoms with Crippen molar-refractivity contribution in [3.63, 3.8) is 0 Å². The Morgan fingerprint density at radius 3 is 0.775 bits per heavy atom. The minimum absolute atomic E-state index is 0.104. The van der Waals surface area contributed by atoms with Crippen LogP contribution in [0.5, 0.6) is 0 Å². The van der Waals surface area contributed by atoms with E-state index in [1.807, 2.05) is 0 Å². The van der Waals surface area contributed by atoms with Gasteiger partial charge in [-0.15, -0.1) is 0 Å². The van der Waals surface area contributed by atoms with Gasteiger partial charge in [-0.05, 0) is 116 Å². The molecule has 6 nitrogen and oxygen atoms in total. The molecule has 0 fully saturated rings. The van der Waals surface area contributed by atoms with Gasteiger partial charge in [-0.1, -0.05) is 296 Å². The molecule has 1 atom stereocenters. The summed E-state index contributed by atoms with van der Waals surface area (Å²) >= 11 is 0. The van der Waals surface area contributed by atoms with Gasteiger partial charge < -0.3 is 14.2 Å². The van der Waals surface area contributed by atoms with Crippen LogP contribution in [-0.2, 0) is 28.6 Å². The Kier molecular flexibility index (Phi) is 63.3. The monoisotopic (exact) mass is 1110 g/mol. The lowest BCUT2D eigenvalue weighted by Gasteiger charge is -2.18. The molecule has 0 aromatic rings. The lowest BCUT2D eigenvalue weighted by Crippen LogP contribution is -2.30. The van der Waals surface area contributed by atoms with Crippen molar-refractivity contribution in [2.45, 2.75) is 303 Å². The number of carbonyl (C=O) groups is 3. The maximum atomic E-state index is 12.9. The normalized spacial score (nSPS) is 13.0. The lowest BCUT2D eigenvalue weighted by atomic mass is 10.0. The van der Waals surface area contributed by atoms with Crippen molar-refractivity contribution in [1.29, 1.82) is 0 Å². The van der Waals surface area contributed by atoms with Gasteiger partial charge in [0.2, 0.25) is 0 Å². The van der Waals surface area contributed by atoms with Gasteiger partial charge in [-0.3, -0.25) is 14.4 Å². The van der Waals surface area contributed by atoms with Crippen LogP contribution in [0.2, 0.25) is 0 Å². The smallest absolute Gasteiger partial charge is 0.306 e. The molecule has 80 heavy (non-hydrogen) atoms. The predicted molar refractivity (Wildman–Crippen MR) is 348 cm³/mol. The molecule has 0 radical (unpaired) electrons. The van der Waals surface area contributed by atoms with E-state index < -0.39 is 6.10 Å². The Morgan fingerprint density at radius 2 is 0.487 bits per heavy atom. The van der Waals surface area contributed by atoms with Gasteiger partial charge >= 0.3 is 17.9 Å². The third-order valence-electron chi connectivity index (χ3n) is 13.9. The van der Waals surface area contributed by atoms with Crippen molar-refractivity contribution in [3.8, 4) is 0 Å². The molecule has 0 aliphatic carbocycles. The van der Waals surface area contributed by atoms with Gasteiger partial charge in [0.25, 0.3) is 0 Å². The summed E-state index contributed by atoms with van der Waals surface area (Å²) in [6, 6.07) is 0. The highest BCUT2D eigenvalue weighted by Crippen LogP contribution is 2.16. The second-order valence-corrected chi connectivity index (χ2v) is 21.6. The van der Waals surface area contributed by atoms with E-state index in [-0.39, 0.29) is 31.1 Å². The van der Waals surface area contributed by atoms with E-state index in [4.69, 9.17) is 14.2 Å². The maximum absolute atomic E-state index is 12.9. The summed E-state index contributed by atoms with van der Waals surface area (Å²) in [6.07, 6.45) is 94.6. The van der Waals surface area contributed by atoms with Crippen LogP contribution in [0.25, 0.3) is 0 Å². The van der Waals surface area contributed by atoms with Crippen LogP contribution in [0.15, 0.2) is 134 Å². The molecule has 0 aliphatic heterocycles. The zero-order chi connectivity index (χ0) is 57.8. The first-order chi connectivity index (χ1) is 39.5. The van der Waals surface area contributed by atoms with Crippen LogP contribution in [0, 0.1) is 0 Å². The Hall–Kier alpha value is -4.45. The van der Waals surface area contributed by atoms with Gasteiger partial charge in [0.05, 0.1) is 0 Å². The van der Waals surface area contributed by atoms with Crippen molar-refractivity contribution in [2.75, 3.05) is 13.2 Å². The van der Waals surface area contributed by atoms with E-state index in [9.17, 15) is 14.4 Å². The molecular formula is C74H122O6. The number of rotatable bonds is 59. The first-order valence-electron chi connectivity index (χ1n) is 33.2. The molecule has 0 N–H and O–H groups in total. The highest BCUT2D eigenvalue weighted by molar-refractivity contribution is 5.71. The van der Waals surface area contributed by atoms with E-state index in [0.29, 0.717) is 19.3 Å². The summed E-state index contributed by atoms with van der Waals surface area (Å²) in [4.78, 5) is 38.4. The molecular weight excluding hydrogens is 985 g/mol. The molecule has 1 unspecified atom stereocenters. The predicted octanol–water partition coefficient (Wildman–Crippen LogP) is 22.9. The molecule has 0 aliphatic rings. The lowest BCUT2D eigenvalue weighted by molar-refractivity contribution is -0.167. The minimum Gasteiger partial charge on any atom is -0.462 e. The molecule has 0 saturated carbocycles. The number of ether oxygens (including phenoxy) is 3. The Bertz CT molecular complexity index is 1700. The first-order valence-corrected chi connectivity index (χ1v) is 33.2. The van der Waals surface area contributed by atoms with E-state index in [0.717, 1.165) is 148 Å². The van der Waals surface area contributed by atoms with Crippen LogP contribution in [0.1, 0.15) is 297 Å². The summed E-state index contributed by atoms with van der Waals surface area (Å²) < 4.78 is 16.9. The molecule has 0 bridgehead atoms. The third-order valence-corrected chi connectivity index (χ3v) is 13.9. The molecule has 0 rings (SSSR count). The number of carbonyl (C=O) groups excluding carboxylic acids is 3. The number of esters is 3. The SMILES string of the molecule is CC/C=C\C/C=C\C/C=C\C/C=C\C/C=C\C/C=C\CCCCCCC(=O)OCC(COC(=O)CCCCC/C=C\C/C=C\C/C=C\C/C=C\C/C=C\CC)OC(=O)CCCCCCCCCCCCCCCCCCCCCC. The quantitative estimate of drug-likeness (QED) is 0.0261.